The van der Waals surface area contributed by atoms with Crippen LogP contribution in [0.2, 0.25) is 10.0 Å². The van der Waals surface area contributed by atoms with Crippen molar-refractivity contribution in [2.24, 2.45) is 5.73 Å². The average Bonchev–Trinajstić information content (AvgIpc) is 2.82. The van der Waals surface area contributed by atoms with Crippen molar-refractivity contribution in [2.45, 2.75) is 6.04 Å². The summed E-state index contributed by atoms with van der Waals surface area (Å²) in [6.07, 6.45) is 0. The number of rotatable bonds is 2. The smallest absolute Gasteiger partial charge is 0.128 e. The number of nitrogens with two attached hydrogens (primary N) is 1. The predicted molar refractivity (Wildman–Crippen MR) is 78.6 cm³/mol. The zero-order valence-electron chi connectivity index (χ0n) is 9.90. The summed E-state index contributed by atoms with van der Waals surface area (Å²) in [6, 6.07) is 13.0. The van der Waals surface area contributed by atoms with E-state index in [0.717, 1.165) is 16.6 Å². The Morgan fingerprint density at radius 2 is 1.74 bits per heavy atom. The molecule has 0 fully saturated rings. The van der Waals surface area contributed by atoms with E-state index in [4.69, 9.17) is 28.9 Å². The van der Waals surface area contributed by atoms with E-state index in [0.29, 0.717) is 15.9 Å². The molecule has 0 spiro atoms. The van der Waals surface area contributed by atoms with E-state index in [1.165, 1.54) is 0 Å². The molecule has 0 amide bonds. The van der Waals surface area contributed by atoms with Gasteiger partial charge >= 0.3 is 0 Å². The number of nitrogens with zero attached hydrogens (tertiary/aromatic N) is 1. The molecule has 1 unspecified atom stereocenters. The molecule has 1 aromatic heterocycles. The molecule has 0 bridgehead atoms. The van der Waals surface area contributed by atoms with Gasteiger partial charge in [0, 0.05) is 0 Å². The highest BCUT2D eigenvalue weighted by Gasteiger charge is 2.14. The van der Waals surface area contributed by atoms with E-state index < -0.39 is 0 Å². The van der Waals surface area contributed by atoms with Crippen LogP contribution in [0.3, 0.4) is 0 Å². The molecular weight excluding hydrogens is 281 g/mol. The third-order valence-corrected chi connectivity index (χ3v) is 3.72. The molecule has 2 aromatic carbocycles. The number of aromatic nitrogens is 2. The normalized spacial score (nSPS) is 12.8. The Balaban J connectivity index is 2.06. The van der Waals surface area contributed by atoms with Gasteiger partial charge in [0.05, 0.1) is 27.1 Å². The zero-order valence-corrected chi connectivity index (χ0v) is 11.4. The molecule has 0 saturated heterocycles. The first-order chi connectivity index (χ1) is 9.15. The minimum Gasteiger partial charge on any atom is -0.340 e. The second-order valence-corrected chi connectivity index (χ2v) is 5.11. The molecule has 3 nitrogen and oxygen atoms in total. The Morgan fingerprint density at radius 3 is 2.47 bits per heavy atom. The molecular formula is C14H11Cl2N3. The van der Waals surface area contributed by atoms with Crippen molar-refractivity contribution in [3.63, 3.8) is 0 Å². The lowest BCUT2D eigenvalue weighted by Gasteiger charge is -2.08. The van der Waals surface area contributed by atoms with Crippen LogP contribution in [0.5, 0.6) is 0 Å². The lowest BCUT2D eigenvalue weighted by Crippen LogP contribution is -2.13. The molecule has 96 valence electrons. The second kappa shape index (κ2) is 4.85. The first kappa shape index (κ1) is 12.5. The zero-order chi connectivity index (χ0) is 13.4. The van der Waals surface area contributed by atoms with Crippen molar-refractivity contribution < 1.29 is 0 Å². The summed E-state index contributed by atoms with van der Waals surface area (Å²) in [5.41, 5.74) is 8.78. The van der Waals surface area contributed by atoms with Crippen molar-refractivity contribution in [3.8, 4) is 0 Å². The average molecular weight is 292 g/mol. The maximum absolute atomic E-state index is 6.20. The van der Waals surface area contributed by atoms with Crippen LogP contribution in [-0.4, -0.2) is 9.97 Å². The van der Waals surface area contributed by atoms with Crippen molar-refractivity contribution in [3.05, 3.63) is 63.9 Å². The fraction of sp³-hybridized carbons (Fsp3) is 0.0714. The van der Waals surface area contributed by atoms with E-state index in [-0.39, 0.29) is 6.04 Å². The van der Waals surface area contributed by atoms with E-state index in [1.54, 1.807) is 12.1 Å². The van der Waals surface area contributed by atoms with Gasteiger partial charge in [-0.2, -0.15) is 0 Å². The van der Waals surface area contributed by atoms with Gasteiger partial charge in [-0.15, -0.1) is 0 Å². The Labute approximate surface area is 120 Å². The van der Waals surface area contributed by atoms with Crippen LogP contribution >= 0.6 is 23.2 Å². The Morgan fingerprint density at radius 1 is 1.05 bits per heavy atom. The van der Waals surface area contributed by atoms with Crippen LogP contribution < -0.4 is 5.73 Å². The molecule has 5 heteroatoms. The van der Waals surface area contributed by atoms with Crippen LogP contribution in [0.1, 0.15) is 17.4 Å². The Bertz CT molecular complexity index is 683. The fourth-order valence-electron chi connectivity index (χ4n) is 1.99. The van der Waals surface area contributed by atoms with Crippen molar-refractivity contribution >= 4 is 34.2 Å². The van der Waals surface area contributed by atoms with Crippen LogP contribution in [-0.2, 0) is 0 Å². The minimum absolute atomic E-state index is 0.300. The first-order valence-electron chi connectivity index (χ1n) is 5.80. The van der Waals surface area contributed by atoms with Crippen molar-refractivity contribution in [1.29, 1.82) is 0 Å². The minimum atomic E-state index is -0.300. The number of nitrogens with one attached hydrogen (secondary N) is 1. The summed E-state index contributed by atoms with van der Waals surface area (Å²) in [6.45, 7) is 0. The number of hydrogen-bond donors (Lipinski definition) is 2. The van der Waals surface area contributed by atoms with Gasteiger partial charge in [-0.1, -0.05) is 53.5 Å². The summed E-state index contributed by atoms with van der Waals surface area (Å²) in [4.78, 5) is 7.65. The number of imidazole rings is 1. The van der Waals surface area contributed by atoms with E-state index in [2.05, 4.69) is 9.97 Å². The van der Waals surface area contributed by atoms with Gasteiger partial charge < -0.3 is 10.7 Å². The highest BCUT2D eigenvalue weighted by molar-refractivity contribution is 6.42. The number of fused-ring (bicyclic) bond motifs is 1. The SMILES string of the molecule is NC(c1ccccc1)c1nc2cc(Cl)c(Cl)cc2[nH]1. The largest absolute Gasteiger partial charge is 0.340 e. The van der Waals surface area contributed by atoms with E-state index >= 15 is 0 Å². The van der Waals surface area contributed by atoms with Gasteiger partial charge in [0.15, 0.2) is 0 Å². The molecule has 1 atom stereocenters. The van der Waals surface area contributed by atoms with E-state index in [9.17, 15) is 0 Å². The molecule has 3 N–H and O–H groups in total. The molecule has 0 aliphatic rings. The standard InChI is InChI=1S/C14H11Cl2N3/c15-9-6-11-12(7-10(9)16)19-14(18-11)13(17)8-4-2-1-3-5-8/h1-7,13H,17H2,(H,18,19). The predicted octanol–water partition coefficient (Wildman–Crippen LogP) is 3.92. The summed E-state index contributed by atoms with van der Waals surface area (Å²) in [5, 5.41) is 0.984. The molecule has 19 heavy (non-hydrogen) atoms. The molecule has 3 aromatic rings. The number of hydrogen-bond acceptors (Lipinski definition) is 2. The topological polar surface area (TPSA) is 54.7 Å². The molecule has 1 heterocycles. The molecule has 0 aliphatic carbocycles. The highest BCUT2D eigenvalue weighted by atomic mass is 35.5. The number of halogens is 2. The van der Waals surface area contributed by atoms with Gasteiger partial charge in [0.1, 0.15) is 5.82 Å². The van der Waals surface area contributed by atoms with Crippen LogP contribution in [0.4, 0.5) is 0 Å². The monoisotopic (exact) mass is 291 g/mol. The molecule has 0 radical (unpaired) electrons. The Kier molecular flexibility index (Phi) is 3.19. The van der Waals surface area contributed by atoms with Crippen molar-refractivity contribution in [1.82, 2.24) is 9.97 Å². The summed E-state index contributed by atoms with van der Waals surface area (Å²) < 4.78 is 0. The molecule has 0 saturated carbocycles. The molecule has 0 aliphatic heterocycles. The highest BCUT2D eigenvalue weighted by Crippen LogP contribution is 2.28. The lowest BCUT2D eigenvalue weighted by atomic mass is 10.1. The van der Waals surface area contributed by atoms with Crippen LogP contribution in [0, 0.1) is 0 Å². The number of benzene rings is 2. The maximum Gasteiger partial charge on any atom is 0.128 e. The van der Waals surface area contributed by atoms with Gasteiger partial charge in [0.2, 0.25) is 0 Å². The Hall–Kier alpha value is -1.55. The third-order valence-electron chi connectivity index (χ3n) is 3.00. The summed E-state index contributed by atoms with van der Waals surface area (Å²) >= 11 is 12.0. The summed E-state index contributed by atoms with van der Waals surface area (Å²) in [7, 11) is 0. The third kappa shape index (κ3) is 2.32. The van der Waals surface area contributed by atoms with Gasteiger partial charge in [-0.05, 0) is 17.7 Å². The van der Waals surface area contributed by atoms with Gasteiger partial charge in [-0.3, -0.25) is 0 Å². The van der Waals surface area contributed by atoms with Crippen LogP contribution in [0.25, 0.3) is 11.0 Å². The first-order valence-corrected chi connectivity index (χ1v) is 6.56. The fourth-order valence-corrected chi connectivity index (χ4v) is 2.31. The van der Waals surface area contributed by atoms with Crippen LogP contribution in [0.15, 0.2) is 42.5 Å². The van der Waals surface area contributed by atoms with Gasteiger partial charge in [0.25, 0.3) is 0 Å². The maximum atomic E-state index is 6.20. The summed E-state index contributed by atoms with van der Waals surface area (Å²) in [5.74, 6) is 0.694. The molecule has 3 rings (SSSR count). The van der Waals surface area contributed by atoms with E-state index in [1.807, 2.05) is 30.3 Å². The number of aromatic amines is 1. The quantitative estimate of drug-likeness (QED) is 0.752. The van der Waals surface area contributed by atoms with Crippen molar-refractivity contribution in [2.75, 3.05) is 0 Å². The number of H-pyrrole nitrogens is 1. The van der Waals surface area contributed by atoms with Gasteiger partial charge in [-0.25, -0.2) is 4.98 Å². The second-order valence-electron chi connectivity index (χ2n) is 4.29. The lowest BCUT2D eigenvalue weighted by molar-refractivity contribution is 0.806.